The Morgan fingerprint density at radius 1 is 1.03 bits per heavy atom. The van der Waals surface area contributed by atoms with Crippen LogP contribution in [0.2, 0.25) is 0 Å². The molecule has 3 aliphatic heterocycles. The molecular weight excluding hydrogens is 421 g/mol. The van der Waals surface area contributed by atoms with E-state index in [4.69, 9.17) is 9.47 Å². The molecule has 1 amide bonds. The van der Waals surface area contributed by atoms with Gasteiger partial charge < -0.3 is 24.2 Å². The summed E-state index contributed by atoms with van der Waals surface area (Å²) in [6.45, 7) is 10.1. The second-order valence-electron chi connectivity index (χ2n) is 10.1. The van der Waals surface area contributed by atoms with E-state index >= 15 is 0 Å². The summed E-state index contributed by atoms with van der Waals surface area (Å²) in [4.78, 5) is 19.4. The fourth-order valence-electron chi connectivity index (χ4n) is 5.41. The third-order valence-electron chi connectivity index (χ3n) is 6.80. The van der Waals surface area contributed by atoms with E-state index in [-0.39, 0.29) is 11.9 Å². The topological polar surface area (TPSA) is 45.2 Å². The zero-order valence-electron chi connectivity index (χ0n) is 19.6. The molecule has 0 radical (unpaired) electrons. The Morgan fingerprint density at radius 3 is 2.42 bits per heavy atom. The molecule has 2 fully saturated rings. The van der Waals surface area contributed by atoms with E-state index in [2.05, 4.69) is 21.9 Å². The summed E-state index contributed by atoms with van der Waals surface area (Å²) < 4.78 is 26.1. The van der Waals surface area contributed by atoms with Gasteiger partial charge in [0, 0.05) is 49.5 Å². The van der Waals surface area contributed by atoms with Gasteiger partial charge in [-0.1, -0.05) is 30.3 Å². The number of amides is 1. The summed E-state index contributed by atoms with van der Waals surface area (Å²) in [5.41, 5.74) is 3.13. The lowest BCUT2D eigenvalue weighted by Gasteiger charge is -2.48. The van der Waals surface area contributed by atoms with E-state index in [9.17, 15) is 9.18 Å². The van der Waals surface area contributed by atoms with Crippen LogP contribution < -0.4 is 9.80 Å². The van der Waals surface area contributed by atoms with Gasteiger partial charge in [-0.15, -0.1) is 0 Å². The largest absolute Gasteiger partial charge is 0.444 e. The van der Waals surface area contributed by atoms with E-state index in [1.54, 1.807) is 12.1 Å². The SMILES string of the molecule is CC(C)(C)OC(=O)N1CCN2c3cc(F)cc(N4CCOCC4)c3CC2(c2ccccc2)C1. The molecule has 1 atom stereocenters. The van der Waals surface area contributed by atoms with Crippen molar-refractivity contribution in [3.8, 4) is 0 Å². The van der Waals surface area contributed by atoms with Crippen LogP contribution in [0.1, 0.15) is 31.9 Å². The van der Waals surface area contributed by atoms with Crippen molar-refractivity contribution in [1.29, 1.82) is 0 Å². The molecule has 3 aliphatic rings. The number of halogens is 1. The average Bonchev–Trinajstić information content (AvgIpc) is 3.13. The van der Waals surface area contributed by atoms with Gasteiger partial charge in [0.15, 0.2) is 0 Å². The van der Waals surface area contributed by atoms with Crippen molar-refractivity contribution in [2.45, 2.75) is 38.3 Å². The maximum atomic E-state index is 14.9. The maximum Gasteiger partial charge on any atom is 0.410 e. The third kappa shape index (κ3) is 4.03. The fraction of sp³-hybridized carbons (Fsp3) is 0.500. The van der Waals surface area contributed by atoms with Crippen LogP contribution in [0.15, 0.2) is 42.5 Å². The van der Waals surface area contributed by atoms with Crippen molar-refractivity contribution in [3.63, 3.8) is 0 Å². The molecule has 1 unspecified atom stereocenters. The molecule has 2 saturated heterocycles. The van der Waals surface area contributed by atoms with Crippen LogP contribution in [0.25, 0.3) is 0 Å². The van der Waals surface area contributed by atoms with Crippen LogP contribution >= 0.6 is 0 Å². The van der Waals surface area contributed by atoms with Gasteiger partial charge in [0.05, 0.1) is 25.3 Å². The summed E-state index contributed by atoms with van der Waals surface area (Å²) in [6, 6.07) is 13.6. The highest BCUT2D eigenvalue weighted by Gasteiger charge is 2.51. The smallest absolute Gasteiger partial charge is 0.410 e. The van der Waals surface area contributed by atoms with Crippen LogP contribution in [-0.2, 0) is 21.4 Å². The molecule has 176 valence electrons. The summed E-state index contributed by atoms with van der Waals surface area (Å²) >= 11 is 0. The van der Waals surface area contributed by atoms with Crippen LogP contribution in [0.4, 0.5) is 20.6 Å². The summed E-state index contributed by atoms with van der Waals surface area (Å²) in [6.07, 6.45) is 0.409. The zero-order chi connectivity index (χ0) is 23.2. The number of nitrogens with zero attached hydrogens (tertiary/aromatic N) is 3. The van der Waals surface area contributed by atoms with Crippen LogP contribution in [-0.4, -0.2) is 62.5 Å². The Hall–Kier alpha value is -2.80. The van der Waals surface area contributed by atoms with E-state index in [1.165, 1.54) is 0 Å². The number of rotatable bonds is 2. The normalized spacial score (nSPS) is 22.7. The third-order valence-corrected chi connectivity index (χ3v) is 6.80. The summed E-state index contributed by atoms with van der Waals surface area (Å²) in [5.74, 6) is -0.228. The van der Waals surface area contributed by atoms with Crippen molar-refractivity contribution in [3.05, 3.63) is 59.4 Å². The Bertz CT molecular complexity index is 1030. The second kappa shape index (κ2) is 8.20. The molecule has 7 heteroatoms. The number of ether oxygens (including phenoxy) is 2. The number of carbonyl (C=O) groups is 1. The molecule has 0 aliphatic carbocycles. The Morgan fingerprint density at radius 2 is 1.73 bits per heavy atom. The number of benzene rings is 2. The molecule has 0 N–H and O–H groups in total. The van der Waals surface area contributed by atoms with Gasteiger partial charge in [0.2, 0.25) is 0 Å². The number of hydrogen-bond acceptors (Lipinski definition) is 5. The van der Waals surface area contributed by atoms with Gasteiger partial charge in [0.25, 0.3) is 0 Å². The monoisotopic (exact) mass is 453 g/mol. The van der Waals surface area contributed by atoms with Gasteiger partial charge in [-0.3, -0.25) is 0 Å². The highest BCUT2D eigenvalue weighted by molar-refractivity contribution is 5.76. The van der Waals surface area contributed by atoms with Gasteiger partial charge in [-0.05, 0) is 38.5 Å². The molecular formula is C26H32FN3O3. The molecule has 2 aromatic rings. The molecule has 0 spiro atoms. The molecule has 6 nitrogen and oxygen atoms in total. The number of anilines is 2. The predicted molar refractivity (Wildman–Crippen MR) is 126 cm³/mol. The predicted octanol–water partition coefficient (Wildman–Crippen LogP) is 4.17. The number of carbonyl (C=O) groups excluding carboxylic acids is 1. The van der Waals surface area contributed by atoms with Gasteiger partial charge in [0.1, 0.15) is 11.4 Å². The first-order valence-corrected chi connectivity index (χ1v) is 11.7. The maximum absolute atomic E-state index is 14.9. The highest BCUT2D eigenvalue weighted by atomic mass is 19.1. The molecule has 5 rings (SSSR count). The van der Waals surface area contributed by atoms with Crippen LogP contribution in [0.3, 0.4) is 0 Å². The van der Waals surface area contributed by atoms with Crippen LogP contribution in [0.5, 0.6) is 0 Å². The molecule has 33 heavy (non-hydrogen) atoms. The van der Waals surface area contributed by atoms with Crippen LogP contribution in [0, 0.1) is 5.82 Å². The lowest BCUT2D eigenvalue weighted by Crippen LogP contribution is -2.60. The van der Waals surface area contributed by atoms with E-state index in [0.717, 1.165) is 35.6 Å². The molecule has 2 aromatic carbocycles. The lowest BCUT2D eigenvalue weighted by atomic mass is 9.83. The first kappa shape index (κ1) is 22.0. The van der Waals surface area contributed by atoms with E-state index in [0.29, 0.717) is 39.3 Å². The van der Waals surface area contributed by atoms with Gasteiger partial charge in [-0.25, -0.2) is 9.18 Å². The zero-order valence-corrected chi connectivity index (χ0v) is 19.6. The van der Waals surface area contributed by atoms with E-state index < -0.39 is 11.1 Å². The first-order valence-electron chi connectivity index (χ1n) is 11.7. The van der Waals surface area contributed by atoms with Crippen molar-refractivity contribution in [1.82, 2.24) is 4.90 Å². The first-order chi connectivity index (χ1) is 15.8. The van der Waals surface area contributed by atoms with Gasteiger partial charge in [-0.2, -0.15) is 0 Å². The molecule has 0 bridgehead atoms. The van der Waals surface area contributed by atoms with Crippen molar-refractivity contribution in [2.75, 3.05) is 55.7 Å². The van der Waals surface area contributed by atoms with Gasteiger partial charge >= 0.3 is 6.09 Å². The number of morpholine rings is 1. The Balaban J connectivity index is 1.57. The second-order valence-corrected chi connectivity index (χ2v) is 10.1. The summed E-state index contributed by atoms with van der Waals surface area (Å²) in [7, 11) is 0. The lowest BCUT2D eigenvalue weighted by molar-refractivity contribution is 0.0164. The Labute approximate surface area is 194 Å². The Kier molecular flexibility index (Phi) is 5.47. The summed E-state index contributed by atoms with van der Waals surface area (Å²) in [5, 5.41) is 0. The molecule has 3 heterocycles. The molecule has 0 aromatic heterocycles. The fourth-order valence-corrected chi connectivity index (χ4v) is 5.41. The number of hydrogen-bond donors (Lipinski definition) is 0. The molecule has 0 saturated carbocycles. The van der Waals surface area contributed by atoms with Crippen molar-refractivity contribution in [2.24, 2.45) is 0 Å². The number of fused-ring (bicyclic) bond motifs is 3. The minimum Gasteiger partial charge on any atom is -0.444 e. The van der Waals surface area contributed by atoms with E-state index in [1.807, 2.05) is 43.9 Å². The van der Waals surface area contributed by atoms with Crippen molar-refractivity contribution >= 4 is 17.5 Å². The standard InChI is InChI=1S/C26H32FN3O3/c1-25(2,3)33-24(31)29-9-10-30-23-16-20(27)15-22(28-11-13-32-14-12-28)21(23)17-26(30,18-29)19-7-5-4-6-8-19/h4-8,15-16H,9-14,17-18H2,1-3H3. The van der Waals surface area contributed by atoms with Crippen molar-refractivity contribution < 1.29 is 18.7 Å². The minimum atomic E-state index is -0.556. The minimum absolute atomic E-state index is 0.228. The number of piperazine rings is 1. The average molecular weight is 454 g/mol. The highest BCUT2D eigenvalue weighted by Crippen LogP contribution is 2.50. The quantitative estimate of drug-likeness (QED) is 0.683.